The average molecular weight is 513 g/mol. The fraction of sp³-hybridized carbons (Fsp3) is 0.444. The molecule has 5 rings (SSSR count). The third-order valence-electron chi connectivity index (χ3n) is 7.45. The smallest absolute Gasteiger partial charge is 0.416 e. The normalized spacial score (nSPS) is 23.2. The molecule has 37 heavy (non-hydrogen) atoms. The van der Waals surface area contributed by atoms with Gasteiger partial charge in [0.2, 0.25) is 0 Å². The van der Waals surface area contributed by atoms with E-state index in [1.807, 2.05) is 12.1 Å². The lowest BCUT2D eigenvalue weighted by molar-refractivity contribution is -0.149. The van der Waals surface area contributed by atoms with Crippen LogP contribution in [0.4, 0.5) is 19.0 Å². The Hall–Kier alpha value is -3.58. The Kier molecular flexibility index (Phi) is 6.58. The lowest BCUT2D eigenvalue weighted by Crippen LogP contribution is -2.41. The quantitative estimate of drug-likeness (QED) is 0.453. The predicted octanol–water partition coefficient (Wildman–Crippen LogP) is 5.28. The summed E-state index contributed by atoms with van der Waals surface area (Å²) in [5.74, 6) is 2.84. The number of carboxylic acids is 1. The third-order valence-corrected chi connectivity index (χ3v) is 7.45. The molecule has 1 saturated heterocycles. The number of aromatic amines is 1. The largest absolute Gasteiger partial charge is 0.480 e. The number of fused-ring (bicyclic) bond motifs is 1. The van der Waals surface area contributed by atoms with Gasteiger partial charge in [0.1, 0.15) is 17.1 Å². The van der Waals surface area contributed by atoms with Gasteiger partial charge < -0.3 is 19.7 Å². The number of piperidine rings is 1. The Morgan fingerprint density at radius 1 is 1.14 bits per heavy atom. The summed E-state index contributed by atoms with van der Waals surface area (Å²) in [6.45, 7) is 1.55. The van der Waals surface area contributed by atoms with E-state index in [9.17, 15) is 23.1 Å². The van der Waals surface area contributed by atoms with E-state index in [-0.39, 0.29) is 12.2 Å². The van der Waals surface area contributed by atoms with Crippen LogP contribution in [0.25, 0.3) is 22.4 Å². The molecule has 0 unspecified atom stereocenters. The number of nitrogens with one attached hydrogen (secondary N) is 1. The zero-order valence-corrected chi connectivity index (χ0v) is 20.1. The first-order chi connectivity index (χ1) is 17.7. The number of aromatic nitrogens is 3. The molecule has 1 saturated carbocycles. The van der Waals surface area contributed by atoms with Gasteiger partial charge in [0.05, 0.1) is 28.8 Å². The number of carboxylic acid groups (broad SMARTS) is 1. The number of hydrogen-bond donors (Lipinski definition) is 2. The van der Waals surface area contributed by atoms with Gasteiger partial charge in [-0.15, -0.1) is 6.42 Å². The van der Waals surface area contributed by atoms with Gasteiger partial charge in [-0.3, -0.25) is 4.79 Å². The summed E-state index contributed by atoms with van der Waals surface area (Å²) < 4.78 is 45.3. The van der Waals surface area contributed by atoms with Crippen LogP contribution in [0, 0.1) is 17.8 Å². The molecule has 1 aliphatic carbocycles. The van der Waals surface area contributed by atoms with Crippen molar-refractivity contribution in [2.45, 2.75) is 56.9 Å². The second kappa shape index (κ2) is 9.71. The maximum atomic E-state index is 13.0. The summed E-state index contributed by atoms with van der Waals surface area (Å²) in [4.78, 5) is 25.6. The average Bonchev–Trinajstić information content (AvgIpc) is 3.33. The van der Waals surface area contributed by atoms with Crippen molar-refractivity contribution < 1.29 is 27.8 Å². The van der Waals surface area contributed by atoms with Crippen LogP contribution in [-0.2, 0) is 15.7 Å². The second-order valence-electron chi connectivity index (χ2n) is 9.77. The fourth-order valence-electron chi connectivity index (χ4n) is 5.17. The fourth-order valence-corrected chi connectivity index (χ4v) is 5.17. The summed E-state index contributed by atoms with van der Waals surface area (Å²) in [7, 11) is 0. The standard InChI is InChI=1S/C27H27F3N4O3/c1-2-26(25(35)36)11-7-19(8-12-26)37-20-9-13-34(14-10-20)23-6-3-17(16-31-23)24-32-21-5-4-18(27(28,29)30)15-22(21)33-24/h1,3-6,15-16,19-20H,7-14H2,(H,32,33)(H,35,36). The molecule has 194 valence electrons. The van der Waals surface area contributed by atoms with Crippen LogP contribution in [-0.4, -0.2) is 51.3 Å². The van der Waals surface area contributed by atoms with Crippen molar-refractivity contribution >= 4 is 22.8 Å². The number of aliphatic carboxylic acids is 1. The number of imidazole rings is 1. The van der Waals surface area contributed by atoms with E-state index < -0.39 is 23.1 Å². The Bertz CT molecular complexity index is 1310. The molecule has 0 radical (unpaired) electrons. The van der Waals surface area contributed by atoms with E-state index >= 15 is 0 Å². The second-order valence-corrected chi connectivity index (χ2v) is 9.77. The number of nitrogens with zero attached hydrogens (tertiary/aromatic N) is 3. The highest BCUT2D eigenvalue weighted by Crippen LogP contribution is 2.38. The van der Waals surface area contributed by atoms with Gasteiger partial charge in [0, 0.05) is 24.8 Å². The van der Waals surface area contributed by atoms with Crippen LogP contribution in [0.15, 0.2) is 36.5 Å². The number of ether oxygens (including phenoxy) is 1. The minimum atomic E-state index is -4.41. The van der Waals surface area contributed by atoms with E-state index in [1.165, 1.54) is 6.07 Å². The third kappa shape index (κ3) is 5.14. The molecular formula is C27H27F3N4O3. The van der Waals surface area contributed by atoms with Crippen LogP contribution in [0.3, 0.4) is 0 Å². The van der Waals surface area contributed by atoms with Crippen LogP contribution in [0.5, 0.6) is 0 Å². The Morgan fingerprint density at radius 2 is 1.84 bits per heavy atom. The molecule has 0 bridgehead atoms. The number of anilines is 1. The molecule has 1 aliphatic heterocycles. The number of carbonyl (C=O) groups is 1. The number of benzene rings is 1. The summed E-state index contributed by atoms with van der Waals surface area (Å²) in [5, 5.41) is 9.45. The van der Waals surface area contributed by atoms with Crippen molar-refractivity contribution in [2.75, 3.05) is 18.0 Å². The first kappa shape index (κ1) is 25.1. The predicted molar refractivity (Wildman–Crippen MR) is 132 cm³/mol. The summed E-state index contributed by atoms with van der Waals surface area (Å²) in [5.41, 5.74) is -0.314. The molecular weight excluding hydrogens is 485 g/mol. The van der Waals surface area contributed by atoms with Crippen molar-refractivity contribution in [3.8, 4) is 23.7 Å². The number of rotatable bonds is 5. The van der Waals surface area contributed by atoms with Crippen molar-refractivity contribution in [3.63, 3.8) is 0 Å². The van der Waals surface area contributed by atoms with Crippen LogP contribution in [0.1, 0.15) is 44.1 Å². The van der Waals surface area contributed by atoms with E-state index in [1.54, 1.807) is 6.20 Å². The number of halogens is 3. The highest BCUT2D eigenvalue weighted by Gasteiger charge is 2.41. The highest BCUT2D eigenvalue weighted by molar-refractivity contribution is 5.80. The Labute approximate surface area is 212 Å². The zero-order chi connectivity index (χ0) is 26.2. The lowest BCUT2D eigenvalue weighted by Gasteiger charge is -2.38. The molecule has 10 heteroatoms. The molecule has 2 N–H and O–H groups in total. The maximum Gasteiger partial charge on any atom is 0.416 e. The van der Waals surface area contributed by atoms with Gasteiger partial charge in [0.15, 0.2) is 0 Å². The number of terminal acetylenes is 1. The molecule has 2 aliphatic rings. The van der Waals surface area contributed by atoms with Crippen molar-refractivity contribution in [1.29, 1.82) is 0 Å². The van der Waals surface area contributed by atoms with Gasteiger partial charge in [-0.25, -0.2) is 9.97 Å². The molecule has 2 fully saturated rings. The lowest BCUT2D eigenvalue weighted by atomic mass is 9.74. The zero-order valence-electron chi connectivity index (χ0n) is 20.1. The van der Waals surface area contributed by atoms with Crippen LogP contribution >= 0.6 is 0 Å². The molecule has 3 heterocycles. The summed E-state index contributed by atoms with van der Waals surface area (Å²) in [6, 6.07) is 7.19. The van der Waals surface area contributed by atoms with Gasteiger partial charge in [-0.1, -0.05) is 5.92 Å². The molecule has 0 amide bonds. The van der Waals surface area contributed by atoms with E-state index in [4.69, 9.17) is 11.2 Å². The Morgan fingerprint density at radius 3 is 2.43 bits per heavy atom. The molecule has 7 nitrogen and oxygen atoms in total. The topological polar surface area (TPSA) is 91.3 Å². The molecule has 3 aromatic rings. The van der Waals surface area contributed by atoms with E-state index in [0.717, 1.165) is 43.9 Å². The molecule has 0 spiro atoms. The van der Waals surface area contributed by atoms with Crippen molar-refractivity contribution in [2.24, 2.45) is 5.41 Å². The number of hydrogen-bond acceptors (Lipinski definition) is 5. The van der Waals surface area contributed by atoms with Crippen LogP contribution < -0.4 is 4.90 Å². The SMILES string of the molecule is C#CC1(C(=O)O)CCC(OC2CCN(c3ccc(-c4nc5ccc(C(F)(F)F)cc5[nH]4)cn3)CC2)CC1. The van der Waals surface area contributed by atoms with Crippen molar-refractivity contribution in [3.05, 3.63) is 42.1 Å². The highest BCUT2D eigenvalue weighted by atomic mass is 19.4. The number of H-pyrrole nitrogens is 1. The number of pyridine rings is 1. The molecule has 2 aromatic heterocycles. The van der Waals surface area contributed by atoms with Gasteiger partial charge in [0.25, 0.3) is 0 Å². The molecule has 0 atom stereocenters. The maximum absolute atomic E-state index is 13.0. The molecule has 1 aromatic carbocycles. The van der Waals surface area contributed by atoms with Gasteiger partial charge >= 0.3 is 12.1 Å². The monoisotopic (exact) mass is 512 g/mol. The van der Waals surface area contributed by atoms with Gasteiger partial charge in [-0.2, -0.15) is 13.2 Å². The van der Waals surface area contributed by atoms with Crippen molar-refractivity contribution in [1.82, 2.24) is 15.0 Å². The van der Waals surface area contributed by atoms with E-state index in [0.29, 0.717) is 48.1 Å². The first-order valence-electron chi connectivity index (χ1n) is 12.3. The minimum absolute atomic E-state index is 0.0332. The van der Waals surface area contributed by atoms with Gasteiger partial charge in [-0.05, 0) is 68.9 Å². The minimum Gasteiger partial charge on any atom is -0.480 e. The van der Waals surface area contributed by atoms with Crippen LogP contribution in [0.2, 0.25) is 0 Å². The number of alkyl halides is 3. The summed E-state index contributed by atoms with van der Waals surface area (Å²) >= 11 is 0. The Balaban J connectivity index is 1.16. The first-order valence-corrected chi connectivity index (χ1v) is 12.3. The van der Waals surface area contributed by atoms with E-state index in [2.05, 4.69) is 25.8 Å². The summed E-state index contributed by atoms with van der Waals surface area (Å²) in [6.07, 6.45) is 6.75.